The first kappa shape index (κ1) is 19.4. The molecule has 0 aliphatic carbocycles. The van der Waals surface area contributed by atoms with E-state index in [2.05, 4.69) is 36.8 Å². The van der Waals surface area contributed by atoms with Crippen LogP contribution < -0.4 is 15.5 Å². The molecule has 2 aromatic carbocycles. The van der Waals surface area contributed by atoms with Gasteiger partial charge in [-0.2, -0.15) is 5.10 Å². The highest BCUT2D eigenvalue weighted by molar-refractivity contribution is 5.86. The number of hydrogen-bond donors (Lipinski definition) is 3. The van der Waals surface area contributed by atoms with Crippen molar-refractivity contribution in [1.82, 2.24) is 25.5 Å². The van der Waals surface area contributed by atoms with Gasteiger partial charge in [0.15, 0.2) is 11.6 Å². The third-order valence-electron chi connectivity index (χ3n) is 5.62. The van der Waals surface area contributed by atoms with E-state index in [-0.39, 0.29) is 5.82 Å². The predicted octanol–water partition coefficient (Wildman–Crippen LogP) is 3.49. The summed E-state index contributed by atoms with van der Waals surface area (Å²) in [5.41, 5.74) is 4.34. The summed E-state index contributed by atoms with van der Waals surface area (Å²) in [5.74, 6) is 1.22. The van der Waals surface area contributed by atoms with Crippen LogP contribution in [-0.4, -0.2) is 46.3 Å². The van der Waals surface area contributed by atoms with Gasteiger partial charge in [0.25, 0.3) is 0 Å². The zero-order valence-corrected chi connectivity index (χ0v) is 17.3. The summed E-state index contributed by atoms with van der Waals surface area (Å²) in [5, 5.41) is 15.1. The molecule has 1 aliphatic rings. The Morgan fingerprint density at radius 2 is 1.97 bits per heavy atom. The fraction of sp³-hybridized carbons (Fsp3) is 0.261. The molecule has 4 aromatic rings. The predicted molar refractivity (Wildman–Crippen MR) is 121 cm³/mol. The third-order valence-corrected chi connectivity index (χ3v) is 5.62. The van der Waals surface area contributed by atoms with Crippen LogP contribution in [0.1, 0.15) is 11.3 Å². The first-order valence-electron chi connectivity index (χ1n) is 10.4. The number of halogens is 1. The summed E-state index contributed by atoms with van der Waals surface area (Å²) in [6.07, 6.45) is 1.77. The summed E-state index contributed by atoms with van der Waals surface area (Å²) in [4.78, 5) is 11.9. The number of H-pyrrole nitrogens is 1. The molecule has 0 radical (unpaired) electrons. The maximum Gasteiger partial charge on any atom is 0.172 e. The van der Waals surface area contributed by atoms with Crippen LogP contribution in [0.3, 0.4) is 0 Å². The lowest BCUT2D eigenvalue weighted by Crippen LogP contribution is -2.44. The molecule has 5 rings (SSSR count). The van der Waals surface area contributed by atoms with Crippen LogP contribution in [0.4, 0.5) is 16.0 Å². The largest absolute Gasteiger partial charge is 0.363 e. The molecule has 0 saturated carbocycles. The fourth-order valence-corrected chi connectivity index (χ4v) is 3.86. The average Bonchev–Trinajstić information content (AvgIpc) is 3.19. The number of aromatic nitrogens is 4. The second kappa shape index (κ2) is 8.31. The molecule has 2 aromatic heterocycles. The van der Waals surface area contributed by atoms with Gasteiger partial charge in [-0.25, -0.2) is 14.4 Å². The van der Waals surface area contributed by atoms with Crippen LogP contribution >= 0.6 is 0 Å². The molecule has 1 fully saturated rings. The first-order valence-corrected chi connectivity index (χ1v) is 10.4. The molecule has 0 atom stereocenters. The van der Waals surface area contributed by atoms with Crippen LogP contribution in [-0.2, 0) is 6.54 Å². The number of nitrogens with one attached hydrogen (secondary N) is 3. The molecule has 0 unspecified atom stereocenters. The van der Waals surface area contributed by atoms with E-state index >= 15 is 0 Å². The van der Waals surface area contributed by atoms with Gasteiger partial charge >= 0.3 is 0 Å². The topological polar surface area (TPSA) is 81.8 Å². The van der Waals surface area contributed by atoms with Crippen molar-refractivity contribution in [3.8, 4) is 11.3 Å². The van der Waals surface area contributed by atoms with Gasteiger partial charge in [0.2, 0.25) is 0 Å². The standard InChI is InChI=1S/C23H24FN7/c1-15-18-12-16(6-7-20(18)30-29-15)21-14-27-22(23(28-21)31-10-8-25-9-11-31)26-13-17-4-2-3-5-19(17)24/h2-7,12,14,25H,8-11,13H2,1H3,(H,26,27)(H,29,30). The van der Waals surface area contributed by atoms with E-state index in [0.717, 1.165) is 59.9 Å². The van der Waals surface area contributed by atoms with Gasteiger partial charge in [-0.1, -0.05) is 24.3 Å². The quantitative estimate of drug-likeness (QED) is 0.461. The van der Waals surface area contributed by atoms with Crippen LogP contribution in [0, 0.1) is 12.7 Å². The lowest BCUT2D eigenvalue weighted by molar-refractivity contribution is 0.584. The van der Waals surface area contributed by atoms with Crippen molar-refractivity contribution >= 4 is 22.5 Å². The number of piperazine rings is 1. The van der Waals surface area contributed by atoms with Gasteiger partial charge in [-0.05, 0) is 25.1 Å². The van der Waals surface area contributed by atoms with E-state index < -0.39 is 0 Å². The van der Waals surface area contributed by atoms with E-state index in [4.69, 9.17) is 4.98 Å². The van der Waals surface area contributed by atoms with Crippen molar-refractivity contribution < 1.29 is 4.39 Å². The van der Waals surface area contributed by atoms with Crippen LogP contribution in [0.15, 0.2) is 48.7 Å². The molecule has 1 aliphatic heterocycles. The lowest BCUT2D eigenvalue weighted by atomic mass is 10.1. The number of anilines is 2. The molecule has 0 bridgehead atoms. The molecule has 158 valence electrons. The third kappa shape index (κ3) is 3.94. The Hall–Kier alpha value is -3.52. The molecule has 3 heterocycles. The summed E-state index contributed by atoms with van der Waals surface area (Å²) in [7, 11) is 0. The number of nitrogens with zero attached hydrogens (tertiary/aromatic N) is 4. The van der Waals surface area contributed by atoms with E-state index in [9.17, 15) is 4.39 Å². The van der Waals surface area contributed by atoms with Crippen LogP contribution in [0.25, 0.3) is 22.2 Å². The van der Waals surface area contributed by atoms with E-state index in [1.807, 2.05) is 25.1 Å². The van der Waals surface area contributed by atoms with E-state index in [1.165, 1.54) is 6.07 Å². The summed E-state index contributed by atoms with van der Waals surface area (Å²) >= 11 is 0. The van der Waals surface area contributed by atoms with Crippen molar-refractivity contribution in [2.24, 2.45) is 0 Å². The van der Waals surface area contributed by atoms with Crippen molar-refractivity contribution in [2.45, 2.75) is 13.5 Å². The fourth-order valence-electron chi connectivity index (χ4n) is 3.86. The monoisotopic (exact) mass is 417 g/mol. The molecular weight excluding hydrogens is 393 g/mol. The van der Waals surface area contributed by atoms with Gasteiger partial charge in [-0.3, -0.25) is 5.10 Å². The van der Waals surface area contributed by atoms with Crippen LogP contribution in [0.2, 0.25) is 0 Å². The Kier molecular flexibility index (Phi) is 5.21. The molecular formula is C23H24FN7. The zero-order valence-electron chi connectivity index (χ0n) is 17.3. The lowest BCUT2D eigenvalue weighted by Gasteiger charge is -2.30. The maximum absolute atomic E-state index is 14.1. The van der Waals surface area contributed by atoms with Crippen molar-refractivity contribution in [3.05, 3.63) is 65.7 Å². The minimum atomic E-state index is -0.230. The second-order valence-electron chi connectivity index (χ2n) is 7.69. The van der Waals surface area contributed by atoms with Gasteiger partial charge in [0, 0.05) is 54.9 Å². The minimum Gasteiger partial charge on any atom is -0.363 e. The minimum absolute atomic E-state index is 0.230. The highest BCUT2D eigenvalue weighted by Crippen LogP contribution is 2.29. The number of aromatic amines is 1. The van der Waals surface area contributed by atoms with Gasteiger partial charge in [-0.15, -0.1) is 0 Å². The molecule has 7 nitrogen and oxygen atoms in total. The molecule has 31 heavy (non-hydrogen) atoms. The summed E-state index contributed by atoms with van der Waals surface area (Å²) in [6.45, 7) is 5.81. The Bertz CT molecular complexity index is 1210. The first-order chi connectivity index (χ1) is 15.2. The number of benzene rings is 2. The summed E-state index contributed by atoms with van der Waals surface area (Å²) < 4.78 is 14.1. The van der Waals surface area contributed by atoms with Gasteiger partial charge < -0.3 is 15.5 Å². The summed E-state index contributed by atoms with van der Waals surface area (Å²) in [6, 6.07) is 12.9. The van der Waals surface area contributed by atoms with Crippen molar-refractivity contribution in [1.29, 1.82) is 0 Å². The Morgan fingerprint density at radius 3 is 2.81 bits per heavy atom. The van der Waals surface area contributed by atoms with Crippen molar-refractivity contribution in [3.63, 3.8) is 0 Å². The molecule has 1 saturated heterocycles. The van der Waals surface area contributed by atoms with E-state index in [0.29, 0.717) is 17.9 Å². The van der Waals surface area contributed by atoms with E-state index in [1.54, 1.807) is 18.3 Å². The van der Waals surface area contributed by atoms with Gasteiger partial charge in [0.05, 0.1) is 17.4 Å². The molecule has 0 spiro atoms. The second-order valence-corrected chi connectivity index (χ2v) is 7.69. The number of rotatable bonds is 5. The number of hydrogen-bond acceptors (Lipinski definition) is 6. The highest BCUT2D eigenvalue weighted by atomic mass is 19.1. The Balaban J connectivity index is 1.50. The smallest absolute Gasteiger partial charge is 0.172 e. The maximum atomic E-state index is 14.1. The number of fused-ring (bicyclic) bond motifs is 1. The Morgan fingerprint density at radius 1 is 1.13 bits per heavy atom. The SMILES string of the molecule is Cc1[nH]nc2ccc(-c3cnc(NCc4ccccc4F)c(N4CCNCC4)n3)cc12. The zero-order chi connectivity index (χ0) is 21.2. The molecule has 8 heteroatoms. The number of aryl methyl sites for hydroxylation is 1. The highest BCUT2D eigenvalue weighted by Gasteiger charge is 2.19. The normalized spacial score (nSPS) is 14.2. The Labute approximate surface area is 179 Å². The van der Waals surface area contributed by atoms with Crippen molar-refractivity contribution in [2.75, 3.05) is 36.4 Å². The average molecular weight is 417 g/mol. The molecule has 3 N–H and O–H groups in total. The molecule has 0 amide bonds. The van der Waals surface area contributed by atoms with Gasteiger partial charge in [0.1, 0.15) is 5.82 Å². The van der Waals surface area contributed by atoms with Crippen LogP contribution in [0.5, 0.6) is 0 Å².